The summed E-state index contributed by atoms with van der Waals surface area (Å²) in [4.78, 5) is 25.6. The van der Waals surface area contributed by atoms with Crippen molar-refractivity contribution in [1.29, 1.82) is 0 Å². The van der Waals surface area contributed by atoms with Gasteiger partial charge in [0.25, 0.3) is 11.8 Å². The van der Waals surface area contributed by atoms with Crippen LogP contribution in [0.2, 0.25) is 0 Å². The molecular formula is C21H27N3O2. The Kier molecular flexibility index (Phi) is 6.52. The maximum absolute atomic E-state index is 12.3. The molecule has 0 spiro atoms. The lowest BCUT2D eigenvalue weighted by molar-refractivity contribution is 0.0826. The van der Waals surface area contributed by atoms with Gasteiger partial charge in [0.1, 0.15) is 0 Å². The lowest BCUT2D eigenvalue weighted by atomic mass is 9.99. The molecule has 2 aromatic rings. The minimum Gasteiger partial charge on any atom is -0.350 e. The zero-order chi connectivity index (χ0) is 19.3. The highest BCUT2D eigenvalue weighted by atomic mass is 16.2. The molecule has 0 bridgehead atoms. The molecule has 2 rings (SSSR count). The highest BCUT2D eigenvalue weighted by molar-refractivity contribution is 5.97. The topological polar surface area (TPSA) is 75.4 Å². The van der Waals surface area contributed by atoms with E-state index in [4.69, 9.17) is 5.73 Å². The highest BCUT2D eigenvalue weighted by Gasteiger charge is 2.12. The summed E-state index contributed by atoms with van der Waals surface area (Å²) in [5, 5.41) is 2.85. The third-order valence-electron chi connectivity index (χ3n) is 4.31. The van der Waals surface area contributed by atoms with Crippen molar-refractivity contribution < 1.29 is 9.59 Å². The molecule has 0 aliphatic carbocycles. The van der Waals surface area contributed by atoms with Crippen LogP contribution in [0.3, 0.4) is 0 Å². The molecule has 5 heteroatoms. The van der Waals surface area contributed by atoms with Gasteiger partial charge in [-0.2, -0.15) is 0 Å². The zero-order valence-electron chi connectivity index (χ0n) is 15.8. The molecule has 1 unspecified atom stereocenters. The maximum Gasteiger partial charge on any atom is 0.253 e. The first kappa shape index (κ1) is 19.7. The summed E-state index contributed by atoms with van der Waals surface area (Å²) in [6.07, 6.45) is 0. The van der Waals surface area contributed by atoms with E-state index in [2.05, 4.69) is 31.3 Å². The third-order valence-corrected chi connectivity index (χ3v) is 4.31. The van der Waals surface area contributed by atoms with Crippen molar-refractivity contribution in [2.45, 2.75) is 25.8 Å². The Morgan fingerprint density at radius 3 is 1.92 bits per heavy atom. The Hall–Kier alpha value is -2.66. The van der Waals surface area contributed by atoms with Crippen molar-refractivity contribution in [2.75, 3.05) is 20.6 Å². The van der Waals surface area contributed by atoms with Crippen molar-refractivity contribution >= 4 is 11.8 Å². The second-order valence-corrected chi connectivity index (χ2v) is 6.91. The van der Waals surface area contributed by atoms with E-state index in [1.807, 2.05) is 12.1 Å². The fourth-order valence-electron chi connectivity index (χ4n) is 2.57. The van der Waals surface area contributed by atoms with Gasteiger partial charge in [0, 0.05) is 37.8 Å². The molecule has 1 atom stereocenters. The van der Waals surface area contributed by atoms with E-state index in [-0.39, 0.29) is 17.9 Å². The monoisotopic (exact) mass is 353 g/mol. The molecule has 3 N–H and O–H groups in total. The average molecular weight is 353 g/mol. The smallest absolute Gasteiger partial charge is 0.253 e. The summed E-state index contributed by atoms with van der Waals surface area (Å²) in [5.74, 6) is 0.175. The van der Waals surface area contributed by atoms with Crippen LogP contribution in [-0.4, -0.2) is 37.4 Å². The van der Waals surface area contributed by atoms with Crippen LogP contribution in [0.4, 0.5) is 0 Å². The van der Waals surface area contributed by atoms with Crippen LogP contribution >= 0.6 is 0 Å². The molecule has 0 heterocycles. The molecule has 2 aromatic carbocycles. The first-order valence-corrected chi connectivity index (χ1v) is 8.75. The van der Waals surface area contributed by atoms with Gasteiger partial charge in [-0.25, -0.2) is 0 Å². The van der Waals surface area contributed by atoms with E-state index >= 15 is 0 Å². The summed E-state index contributed by atoms with van der Waals surface area (Å²) in [6.45, 7) is 4.64. The molecule has 26 heavy (non-hydrogen) atoms. The zero-order valence-corrected chi connectivity index (χ0v) is 15.8. The molecule has 5 nitrogen and oxygen atoms in total. The Bertz CT molecular complexity index is 750. The number of carbonyl (C=O) groups is 2. The number of benzene rings is 2. The summed E-state index contributed by atoms with van der Waals surface area (Å²) in [6, 6.07) is 14.5. The molecule has 0 saturated heterocycles. The third kappa shape index (κ3) is 4.92. The second-order valence-electron chi connectivity index (χ2n) is 6.91. The lowest BCUT2D eigenvalue weighted by Gasteiger charge is -2.15. The number of hydrogen-bond donors (Lipinski definition) is 2. The van der Waals surface area contributed by atoms with Gasteiger partial charge in [-0.15, -0.1) is 0 Å². The quantitative estimate of drug-likeness (QED) is 0.838. The van der Waals surface area contributed by atoms with Gasteiger partial charge in [0.05, 0.1) is 0 Å². The van der Waals surface area contributed by atoms with Crippen molar-refractivity contribution in [3.63, 3.8) is 0 Å². The summed E-state index contributed by atoms with van der Waals surface area (Å²) < 4.78 is 0. The van der Waals surface area contributed by atoms with Crippen LogP contribution in [0.1, 0.15) is 57.7 Å². The predicted octanol–water partition coefficient (Wildman–Crippen LogP) is 2.94. The SMILES string of the molecule is CC(C)c1ccc(C(N)CNC(=O)c2ccc(C(=O)N(C)C)cc2)cc1. The Morgan fingerprint density at radius 2 is 1.42 bits per heavy atom. The number of hydrogen-bond acceptors (Lipinski definition) is 3. The van der Waals surface area contributed by atoms with Crippen LogP contribution in [0, 0.1) is 0 Å². The molecule has 0 fully saturated rings. The first-order valence-electron chi connectivity index (χ1n) is 8.75. The van der Waals surface area contributed by atoms with E-state index in [9.17, 15) is 9.59 Å². The van der Waals surface area contributed by atoms with Crippen LogP contribution in [0.25, 0.3) is 0 Å². The molecule has 0 aliphatic rings. The number of amides is 2. The summed E-state index contributed by atoms with van der Waals surface area (Å²) in [5.41, 5.74) is 9.48. The van der Waals surface area contributed by atoms with Crippen molar-refractivity contribution in [3.8, 4) is 0 Å². The van der Waals surface area contributed by atoms with E-state index in [0.717, 1.165) is 5.56 Å². The molecule has 0 saturated carbocycles. The van der Waals surface area contributed by atoms with Crippen LogP contribution in [0.5, 0.6) is 0 Å². The van der Waals surface area contributed by atoms with Crippen molar-refractivity contribution in [1.82, 2.24) is 10.2 Å². The van der Waals surface area contributed by atoms with Gasteiger partial charge in [-0.05, 0) is 41.3 Å². The second kappa shape index (κ2) is 8.63. The van der Waals surface area contributed by atoms with Gasteiger partial charge in [0.2, 0.25) is 0 Å². The van der Waals surface area contributed by atoms with E-state index in [0.29, 0.717) is 23.6 Å². The van der Waals surface area contributed by atoms with E-state index < -0.39 is 0 Å². The number of nitrogens with one attached hydrogen (secondary N) is 1. The number of carbonyl (C=O) groups excluding carboxylic acids is 2. The van der Waals surface area contributed by atoms with Gasteiger partial charge < -0.3 is 16.0 Å². The fourth-order valence-corrected chi connectivity index (χ4v) is 2.57. The predicted molar refractivity (Wildman–Crippen MR) is 104 cm³/mol. The molecule has 138 valence electrons. The van der Waals surface area contributed by atoms with Gasteiger partial charge in [-0.3, -0.25) is 9.59 Å². The largest absolute Gasteiger partial charge is 0.350 e. The molecule has 2 amide bonds. The lowest BCUT2D eigenvalue weighted by Crippen LogP contribution is -2.32. The Labute approximate surface area is 155 Å². The Morgan fingerprint density at radius 1 is 0.923 bits per heavy atom. The Balaban J connectivity index is 1.94. The average Bonchev–Trinajstić information content (AvgIpc) is 2.65. The van der Waals surface area contributed by atoms with E-state index in [1.54, 1.807) is 38.4 Å². The van der Waals surface area contributed by atoms with Gasteiger partial charge in [0.15, 0.2) is 0 Å². The normalized spacial score (nSPS) is 11.9. The van der Waals surface area contributed by atoms with Crippen molar-refractivity contribution in [3.05, 3.63) is 70.8 Å². The minimum atomic E-state index is -0.269. The maximum atomic E-state index is 12.3. The minimum absolute atomic E-state index is 0.0937. The summed E-state index contributed by atoms with van der Waals surface area (Å²) >= 11 is 0. The highest BCUT2D eigenvalue weighted by Crippen LogP contribution is 2.17. The molecule has 0 radical (unpaired) electrons. The summed E-state index contributed by atoms with van der Waals surface area (Å²) in [7, 11) is 3.39. The standard InChI is InChI=1S/C21H27N3O2/c1-14(2)15-5-7-16(8-6-15)19(22)13-23-20(25)17-9-11-18(12-10-17)21(26)24(3)4/h5-12,14,19H,13,22H2,1-4H3,(H,23,25). The van der Waals surface area contributed by atoms with Gasteiger partial charge in [-0.1, -0.05) is 38.1 Å². The molecule has 0 aromatic heterocycles. The molecular weight excluding hydrogens is 326 g/mol. The van der Waals surface area contributed by atoms with Crippen LogP contribution in [-0.2, 0) is 0 Å². The number of nitrogens with two attached hydrogens (primary N) is 1. The number of nitrogens with zero attached hydrogens (tertiary/aromatic N) is 1. The molecule has 0 aliphatic heterocycles. The number of rotatable bonds is 6. The van der Waals surface area contributed by atoms with Gasteiger partial charge >= 0.3 is 0 Å². The first-order chi connectivity index (χ1) is 12.3. The fraction of sp³-hybridized carbons (Fsp3) is 0.333. The van der Waals surface area contributed by atoms with Crippen LogP contribution in [0.15, 0.2) is 48.5 Å². The van der Waals surface area contributed by atoms with E-state index in [1.165, 1.54) is 10.5 Å². The van der Waals surface area contributed by atoms with Crippen LogP contribution < -0.4 is 11.1 Å². The van der Waals surface area contributed by atoms with Crippen molar-refractivity contribution in [2.24, 2.45) is 5.73 Å².